The number of pyridine rings is 1. The standard InChI is InChI=1S/C17H16F3N3O3S2/c18-17(19,20)11-4-7-16(21-9-11)27-10-15(24)22-13-2-1-3-14(8-13)28(25,26)23-12-5-6-12/h1-4,7-9,12,23H,5-6,10H2,(H,22,24). The number of benzene rings is 1. The van der Waals surface area contributed by atoms with E-state index in [2.05, 4.69) is 15.0 Å². The van der Waals surface area contributed by atoms with E-state index in [4.69, 9.17) is 0 Å². The Labute approximate surface area is 164 Å². The SMILES string of the molecule is O=C(CSc1ccc(C(F)(F)F)cn1)Nc1cccc(S(=O)(=O)NC2CC2)c1. The first kappa shape index (κ1) is 20.6. The zero-order chi connectivity index (χ0) is 20.4. The van der Waals surface area contributed by atoms with Gasteiger partial charge in [0.15, 0.2) is 0 Å². The average Bonchev–Trinajstić information content (AvgIpc) is 3.43. The highest BCUT2D eigenvalue weighted by molar-refractivity contribution is 7.99. The molecule has 0 aliphatic heterocycles. The zero-order valence-electron chi connectivity index (χ0n) is 14.4. The van der Waals surface area contributed by atoms with Crippen molar-refractivity contribution in [2.24, 2.45) is 0 Å². The Hall–Kier alpha value is -2.11. The molecule has 1 fully saturated rings. The minimum absolute atomic E-state index is 0.0316. The third kappa shape index (κ3) is 5.69. The van der Waals surface area contributed by atoms with Gasteiger partial charge in [-0.15, -0.1) is 0 Å². The summed E-state index contributed by atoms with van der Waals surface area (Å²) in [6, 6.07) is 7.91. The molecule has 1 aromatic carbocycles. The van der Waals surface area contributed by atoms with E-state index >= 15 is 0 Å². The van der Waals surface area contributed by atoms with Crippen LogP contribution in [0.4, 0.5) is 18.9 Å². The number of hydrogen-bond donors (Lipinski definition) is 2. The maximum atomic E-state index is 12.5. The predicted octanol–water partition coefficient (Wildman–Crippen LogP) is 3.27. The van der Waals surface area contributed by atoms with E-state index < -0.39 is 27.7 Å². The summed E-state index contributed by atoms with van der Waals surface area (Å²) in [7, 11) is -3.64. The smallest absolute Gasteiger partial charge is 0.325 e. The molecule has 1 amide bonds. The molecule has 2 aromatic rings. The predicted molar refractivity (Wildman–Crippen MR) is 98.4 cm³/mol. The van der Waals surface area contributed by atoms with E-state index in [1.165, 1.54) is 24.3 Å². The fourth-order valence-electron chi connectivity index (χ4n) is 2.20. The van der Waals surface area contributed by atoms with E-state index in [1.54, 1.807) is 6.07 Å². The molecule has 0 bridgehead atoms. The van der Waals surface area contributed by atoms with Crippen molar-refractivity contribution in [1.29, 1.82) is 0 Å². The van der Waals surface area contributed by atoms with Gasteiger partial charge in [0.2, 0.25) is 15.9 Å². The lowest BCUT2D eigenvalue weighted by molar-refractivity contribution is -0.137. The quantitative estimate of drug-likeness (QED) is 0.657. The van der Waals surface area contributed by atoms with Crippen LogP contribution in [0.5, 0.6) is 0 Å². The number of sulfonamides is 1. The Morgan fingerprint density at radius 3 is 2.57 bits per heavy atom. The summed E-state index contributed by atoms with van der Waals surface area (Å²) in [6.07, 6.45) is -2.13. The second kappa shape index (κ2) is 8.10. The summed E-state index contributed by atoms with van der Waals surface area (Å²) >= 11 is 0.972. The van der Waals surface area contributed by atoms with Crippen LogP contribution in [-0.4, -0.2) is 31.1 Å². The number of carbonyl (C=O) groups is 1. The summed E-state index contributed by atoms with van der Waals surface area (Å²) in [5, 5.41) is 2.84. The highest BCUT2D eigenvalue weighted by Gasteiger charge is 2.30. The Balaban J connectivity index is 1.57. The molecule has 0 saturated heterocycles. The molecule has 1 aliphatic carbocycles. The van der Waals surface area contributed by atoms with E-state index in [0.29, 0.717) is 11.9 Å². The first-order valence-electron chi connectivity index (χ1n) is 8.22. The van der Waals surface area contributed by atoms with Gasteiger partial charge in [0.05, 0.1) is 21.2 Å². The van der Waals surface area contributed by atoms with Crippen LogP contribution in [0, 0.1) is 0 Å². The van der Waals surface area contributed by atoms with Crippen molar-refractivity contribution in [2.75, 3.05) is 11.1 Å². The van der Waals surface area contributed by atoms with E-state index in [-0.39, 0.29) is 21.7 Å². The first-order chi connectivity index (χ1) is 13.1. The van der Waals surface area contributed by atoms with Crippen LogP contribution < -0.4 is 10.0 Å². The average molecular weight is 431 g/mol. The largest absolute Gasteiger partial charge is 0.417 e. The molecule has 1 saturated carbocycles. The highest BCUT2D eigenvalue weighted by Crippen LogP contribution is 2.29. The van der Waals surface area contributed by atoms with Crippen molar-refractivity contribution in [3.05, 3.63) is 48.2 Å². The highest BCUT2D eigenvalue weighted by atomic mass is 32.2. The van der Waals surface area contributed by atoms with E-state index in [1.807, 2.05) is 0 Å². The number of thioether (sulfide) groups is 1. The molecule has 28 heavy (non-hydrogen) atoms. The van der Waals surface area contributed by atoms with Crippen LogP contribution in [0.1, 0.15) is 18.4 Å². The molecule has 150 valence electrons. The van der Waals surface area contributed by atoms with Crippen LogP contribution >= 0.6 is 11.8 Å². The molecule has 1 heterocycles. The van der Waals surface area contributed by atoms with Gasteiger partial charge in [-0.1, -0.05) is 17.8 Å². The number of halogens is 3. The Kier molecular flexibility index (Phi) is 5.96. The molecule has 3 rings (SSSR count). The Bertz CT molecular complexity index is 960. The van der Waals surface area contributed by atoms with Crippen LogP contribution in [-0.2, 0) is 21.0 Å². The number of hydrogen-bond acceptors (Lipinski definition) is 5. The number of nitrogens with zero attached hydrogens (tertiary/aromatic N) is 1. The lowest BCUT2D eigenvalue weighted by Crippen LogP contribution is -2.25. The molecule has 1 aromatic heterocycles. The Morgan fingerprint density at radius 1 is 1.21 bits per heavy atom. The van der Waals surface area contributed by atoms with Crippen LogP contribution in [0.3, 0.4) is 0 Å². The maximum absolute atomic E-state index is 12.5. The second-order valence-electron chi connectivity index (χ2n) is 6.14. The summed E-state index contributed by atoms with van der Waals surface area (Å²) in [5.74, 6) is -0.522. The van der Waals surface area contributed by atoms with Crippen LogP contribution in [0.2, 0.25) is 0 Å². The first-order valence-corrected chi connectivity index (χ1v) is 10.7. The molecule has 0 spiro atoms. The number of alkyl halides is 3. The van der Waals surface area contributed by atoms with Gasteiger partial charge in [0.1, 0.15) is 0 Å². The Morgan fingerprint density at radius 2 is 1.96 bits per heavy atom. The third-order valence-electron chi connectivity index (χ3n) is 3.74. The van der Waals surface area contributed by atoms with Crippen molar-refractivity contribution in [2.45, 2.75) is 35.0 Å². The number of carbonyl (C=O) groups excluding carboxylic acids is 1. The molecule has 11 heteroatoms. The molecule has 6 nitrogen and oxygen atoms in total. The fourth-order valence-corrected chi connectivity index (χ4v) is 4.19. The van der Waals surface area contributed by atoms with Crippen molar-refractivity contribution in [3.8, 4) is 0 Å². The maximum Gasteiger partial charge on any atom is 0.417 e. The summed E-state index contributed by atoms with van der Waals surface area (Å²) in [4.78, 5) is 15.8. The van der Waals surface area contributed by atoms with Gasteiger partial charge in [-0.25, -0.2) is 18.1 Å². The number of rotatable bonds is 7. The second-order valence-corrected chi connectivity index (χ2v) is 8.85. The van der Waals surface area contributed by atoms with Crippen molar-refractivity contribution < 1.29 is 26.4 Å². The van der Waals surface area contributed by atoms with Crippen LogP contribution in [0.25, 0.3) is 0 Å². The van der Waals surface area contributed by atoms with Gasteiger partial charge in [-0.05, 0) is 43.2 Å². The van der Waals surface area contributed by atoms with Gasteiger partial charge < -0.3 is 5.32 Å². The summed E-state index contributed by atoms with van der Waals surface area (Å²) in [6.45, 7) is 0. The third-order valence-corrected chi connectivity index (χ3v) is 6.20. The molecule has 0 atom stereocenters. The fraction of sp³-hybridized carbons (Fsp3) is 0.294. The summed E-state index contributed by atoms with van der Waals surface area (Å²) < 4.78 is 64.5. The number of amides is 1. The molecular formula is C17H16F3N3O3S2. The van der Waals surface area contributed by atoms with E-state index in [9.17, 15) is 26.4 Å². The van der Waals surface area contributed by atoms with Crippen molar-refractivity contribution in [3.63, 3.8) is 0 Å². The minimum atomic E-state index is -4.46. The van der Waals surface area contributed by atoms with Crippen molar-refractivity contribution >= 4 is 33.4 Å². The summed E-state index contributed by atoms with van der Waals surface area (Å²) in [5.41, 5.74) is -0.552. The van der Waals surface area contributed by atoms with Gasteiger partial charge in [0, 0.05) is 17.9 Å². The monoisotopic (exact) mass is 431 g/mol. The lowest BCUT2D eigenvalue weighted by atomic mass is 10.3. The van der Waals surface area contributed by atoms with E-state index in [0.717, 1.165) is 30.7 Å². The van der Waals surface area contributed by atoms with Crippen molar-refractivity contribution in [1.82, 2.24) is 9.71 Å². The van der Waals surface area contributed by atoms with Gasteiger partial charge in [-0.3, -0.25) is 4.79 Å². The number of nitrogens with one attached hydrogen (secondary N) is 2. The zero-order valence-corrected chi connectivity index (χ0v) is 16.0. The lowest BCUT2D eigenvalue weighted by Gasteiger charge is -2.09. The minimum Gasteiger partial charge on any atom is -0.325 e. The number of aromatic nitrogens is 1. The van der Waals surface area contributed by atoms with Gasteiger partial charge in [0.25, 0.3) is 0 Å². The van der Waals surface area contributed by atoms with Gasteiger partial charge >= 0.3 is 6.18 Å². The van der Waals surface area contributed by atoms with Crippen LogP contribution in [0.15, 0.2) is 52.5 Å². The van der Waals surface area contributed by atoms with Gasteiger partial charge in [-0.2, -0.15) is 13.2 Å². The topological polar surface area (TPSA) is 88.2 Å². The molecular weight excluding hydrogens is 415 g/mol. The number of anilines is 1. The normalized spacial score (nSPS) is 14.7. The molecule has 2 N–H and O–H groups in total. The molecule has 0 unspecified atom stereocenters. The molecule has 1 aliphatic rings. The molecule has 0 radical (unpaired) electrons.